The van der Waals surface area contributed by atoms with Crippen LogP contribution in [0.15, 0.2) is 56.4 Å². The summed E-state index contributed by atoms with van der Waals surface area (Å²) in [5.41, 5.74) is 0.306. The minimum absolute atomic E-state index is 0.0368. The van der Waals surface area contributed by atoms with Crippen LogP contribution >= 0.6 is 23.1 Å². The van der Waals surface area contributed by atoms with E-state index in [2.05, 4.69) is 10.3 Å². The molecule has 33 heavy (non-hydrogen) atoms. The molecule has 0 radical (unpaired) electrons. The summed E-state index contributed by atoms with van der Waals surface area (Å²) in [4.78, 5) is 43.5. The maximum absolute atomic E-state index is 13.5. The van der Waals surface area contributed by atoms with Crippen molar-refractivity contribution in [1.82, 2.24) is 14.1 Å². The second-order valence-corrected chi connectivity index (χ2v) is 9.10. The van der Waals surface area contributed by atoms with E-state index < -0.39 is 35.3 Å². The van der Waals surface area contributed by atoms with Crippen LogP contribution in [0.25, 0.3) is 16.0 Å². The first-order chi connectivity index (χ1) is 15.8. The summed E-state index contributed by atoms with van der Waals surface area (Å²) < 4.78 is 29.6. The highest BCUT2D eigenvalue weighted by Crippen LogP contribution is 2.25. The third-order valence-corrected chi connectivity index (χ3v) is 6.97. The first-order valence-corrected chi connectivity index (χ1v) is 11.9. The van der Waals surface area contributed by atoms with Crippen LogP contribution in [0.1, 0.15) is 12.5 Å². The number of anilines is 1. The van der Waals surface area contributed by atoms with Crippen LogP contribution in [0.2, 0.25) is 0 Å². The number of carbonyl (C=O) groups is 1. The Hall–Kier alpha value is -3.31. The fourth-order valence-electron chi connectivity index (χ4n) is 3.27. The summed E-state index contributed by atoms with van der Waals surface area (Å²) in [7, 11) is 0. The SMILES string of the molecule is CCc1ccc(-n2c(=O)c3sc(SC)nc3n(CC(=O)Nc3ccc(F)c(F)c3)c2=O)cc1. The molecule has 0 unspecified atom stereocenters. The predicted molar refractivity (Wildman–Crippen MR) is 126 cm³/mol. The maximum atomic E-state index is 13.5. The van der Waals surface area contributed by atoms with Gasteiger partial charge in [-0.15, -0.1) is 11.3 Å². The van der Waals surface area contributed by atoms with E-state index in [1.807, 2.05) is 19.1 Å². The Kier molecular flexibility index (Phi) is 6.43. The quantitative estimate of drug-likeness (QED) is 0.417. The molecule has 0 aliphatic heterocycles. The molecule has 2 heterocycles. The number of nitrogens with zero attached hydrogens (tertiary/aromatic N) is 3. The summed E-state index contributed by atoms with van der Waals surface area (Å²) in [6.07, 6.45) is 2.59. The molecule has 170 valence electrons. The van der Waals surface area contributed by atoms with E-state index in [1.165, 1.54) is 17.8 Å². The summed E-state index contributed by atoms with van der Waals surface area (Å²) in [6.45, 7) is 1.52. The van der Waals surface area contributed by atoms with Crippen molar-refractivity contribution in [2.24, 2.45) is 0 Å². The Morgan fingerprint density at radius 2 is 1.85 bits per heavy atom. The van der Waals surface area contributed by atoms with Crippen molar-refractivity contribution in [2.75, 3.05) is 11.6 Å². The fraction of sp³-hybridized carbons (Fsp3) is 0.182. The predicted octanol–water partition coefficient (Wildman–Crippen LogP) is 3.81. The van der Waals surface area contributed by atoms with E-state index in [0.29, 0.717) is 10.0 Å². The van der Waals surface area contributed by atoms with Crippen LogP contribution in [0.4, 0.5) is 14.5 Å². The number of thiazole rings is 1. The zero-order chi connectivity index (χ0) is 23.7. The molecule has 7 nitrogen and oxygen atoms in total. The molecule has 0 aliphatic rings. The smallest absolute Gasteiger partial charge is 0.324 e. The number of benzene rings is 2. The fourth-order valence-corrected chi connectivity index (χ4v) is 4.76. The lowest BCUT2D eigenvalue weighted by atomic mass is 10.1. The normalized spacial score (nSPS) is 11.2. The van der Waals surface area contributed by atoms with Gasteiger partial charge in [0.1, 0.15) is 11.2 Å². The van der Waals surface area contributed by atoms with Crippen LogP contribution < -0.4 is 16.6 Å². The Balaban J connectivity index is 1.81. The average molecular weight is 489 g/mol. The first kappa shape index (κ1) is 22.9. The van der Waals surface area contributed by atoms with E-state index in [4.69, 9.17) is 0 Å². The molecule has 4 rings (SSSR count). The molecule has 11 heteroatoms. The monoisotopic (exact) mass is 488 g/mol. The number of nitrogens with one attached hydrogen (secondary N) is 1. The van der Waals surface area contributed by atoms with E-state index in [1.54, 1.807) is 18.4 Å². The topological polar surface area (TPSA) is 86.0 Å². The number of carbonyl (C=O) groups excluding carboxylic acids is 1. The standard InChI is InChI=1S/C22H18F2N4O3S2/c1-3-12-4-7-14(8-5-12)28-20(30)18-19(26-21(32-2)33-18)27(22(28)31)11-17(29)25-13-6-9-15(23)16(24)10-13/h4-10H,3,11H2,1-2H3,(H,25,29). The van der Waals surface area contributed by atoms with E-state index >= 15 is 0 Å². The molecule has 0 saturated carbocycles. The van der Waals surface area contributed by atoms with Gasteiger partial charge in [0, 0.05) is 11.8 Å². The molecule has 0 atom stereocenters. The molecular weight excluding hydrogens is 470 g/mol. The molecule has 0 fully saturated rings. The summed E-state index contributed by atoms with van der Waals surface area (Å²) >= 11 is 2.45. The van der Waals surface area contributed by atoms with E-state index in [-0.39, 0.29) is 16.0 Å². The van der Waals surface area contributed by atoms with Crippen LogP contribution in [-0.2, 0) is 17.8 Å². The van der Waals surface area contributed by atoms with Gasteiger partial charge in [0.2, 0.25) is 5.91 Å². The zero-order valence-electron chi connectivity index (χ0n) is 17.6. The number of amides is 1. The second-order valence-electron chi connectivity index (χ2n) is 7.04. The molecule has 1 N–H and O–H groups in total. The van der Waals surface area contributed by atoms with Crippen LogP contribution in [0.3, 0.4) is 0 Å². The highest BCUT2D eigenvalue weighted by molar-refractivity contribution is 8.00. The van der Waals surface area contributed by atoms with Gasteiger partial charge in [0.25, 0.3) is 5.56 Å². The largest absolute Gasteiger partial charge is 0.337 e. The Morgan fingerprint density at radius 1 is 1.12 bits per heavy atom. The second kappa shape index (κ2) is 9.28. The van der Waals surface area contributed by atoms with Gasteiger partial charge in [-0.05, 0) is 42.5 Å². The number of aromatic nitrogens is 3. The number of fused-ring (bicyclic) bond motifs is 1. The van der Waals surface area contributed by atoms with Crippen molar-refractivity contribution in [3.05, 3.63) is 80.5 Å². The van der Waals surface area contributed by atoms with E-state index in [9.17, 15) is 23.2 Å². The zero-order valence-corrected chi connectivity index (χ0v) is 19.2. The Morgan fingerprint density at radius 3 is 2.48 bits per heavy atom. The number of hydrogen-bond acceptors (Lipinski definition) is 6. The molecule has 1 amide bonds. The average Bonchev–Trinajstić information content (AvgIpc) is 3.24. The number of halogens is 2. The van der Waals surface area contributed by atoms with Crippen LogP contribution in [-0.4, -0.2) is 26.3 Å². The molecule has 0 bridgehead atoms. The van der Waals surface area contributed by atoms with Crippen molar-refractivity contribution < 1.29 is 13.6 Å². The van der Waals surface area contributed by atoms with Crippen molar-refractivity contribution in [3.8, 4) is 5.69 Å². The minimum Gasteiger partial charge on any atom is -0.324 e. The molecule has 0 spiro atoms. The summed E-state index contributed by atoms with van der Waals surface area (Å²) in [5.74, 6) is -2.81. The van der Waals surface area contributed by atoms with Crippen molar-refractivity contribution in [2.45, 2.75) is 24.2 Å². The number of thioether (sulfide) groups is 1. The van der Waals surface area contributed by atoms with Gasteiger partial charge in [-0.2, -0.15) is 0 Å². The van der Waals surface area contributed by atoms with Gasteiger partial charge in [-0.1, -0.05) is 30.8 Å². The van der Waals surface area contributed by atoms with Crippen LogP contribution in [0.5, 0.6) is 0 Å². The lowest BCUT2D eigenvalue weighted by Crippen LogP contribution is -2.40. The van der Waals surface area contributed by atoms with E-state index in [0.717, 1.165) is 44.6 Å². The lowest BCUT2D eigenvalue weighted by Gasteiger charge is -2.12. The highest BCUT2D eigenvalue weighted by atomic mass is 32.2. The van der Waals surface area contributed by atoms with Crippen molar-refractivity contribution in [1.29, 1.82) is 0 Å². The summed E-state index contributed by atoms with van der Waals surface area (Å²) in [5, 5.41) is 2.44. The number of hydrogen-bond donors (Lipinski definition) is 1. The van der Waals surface area contributed by atoms with Gasteiger partial charge < -0.3 is 5.32 Å². The van der Waals surface area contributed by atoms with Gasteiger partial charge in [0.05, 0.1) is 5.69 Å². The summed E-state index contributed by atoms with van der Waals surface area (Å²) in [6, 6.07) is 9.94. The molecule has 2 aromatic heterocycles. The number of rotatable bonds is 6. The first-order valence-electron chi connectivity index (χ1n) is 9.87. The van der Waals surface area contributed by atoms with Gasteiger partial charge in [-0.25, -0.2) is 23.1 Å². The van der Waals surface area contributed by atoms with Gasteiger partial charge in [-0.3, -0.25) is 14.2 Å². The highest BCUT2D eigenvalue weighted by Gasteiger charge is 2.20. The third kappa shape index (κ3) is 4.46. The van der Waals surface area contributed by atoms with Gasteiger partial charge >= 0.3 is 5.69 Å². The molecular formula is C22H18F2N4O3S2. The van der Waals surface area contributed by atoms with Gasteiger partial charge in [0.15, 0.2) is 21.6 Å². The van der Waals surface area contributed by atoms with Crippen LogP contribution in [0, 0.1) is 11.6 Å². The molecule has 0 aliphatic carbocycles. The van der Waals surface area contributed by atoms with Crippen molar-refractivity contribution >= 4 is 45.0 Å². The minimum atomic E-state index is -1.11. The van der Waals surface area contributed by atoms with Crippen molar-refractivity contribution in [3.63, 3.8) is 0 Å². The number of aryl methyl sites for hydroxylation is 1. The Bertz CT molecular complexity index is 1480. The lowest BCUT2D eigenvalue weighted by molar-refractivity contribution is -0.116. The molecule has 2 aromatic carbocycles. The molecule has 0 saturated heterocycles. The maximum Gasteiger partial charge on any atom is 0.337 e. The molecule has 4 aromatic rings. The Labute approximate surface area is 194 Å². The third-order valence-electron chi connectivity index (χ3n) is 4.95.